The average Bonchev–Trinajstić information content (AvgIpc) is 2.59. The molecule has 0 aliphatic carbocycles. The molecular formula is C11H19NO3. The molecule has 4 nitrogen and oxygen atoms in total. The van der Waals surface area contributed by atoms with E-state index in [-0.39, 0.29) is 17.7 Å². The van der Waals surface area contributed by atoms with Gasteiger partial charge >= 0.3 is 5.97 Å². The van der Waals surface area contributed by atoms with Crippen molar-refractivity contribution >= 4 is 11.9 Å². The summed E-state index contributed by atoms with van der Waals surface area (Å²) in [4.78, 5) is 24.4. The first kappa shape index (κ1) is 12.0. The summed E-state index contributed by atoms with van der Waals surface area (Å²) < 4.78 is 0. The second-order valence-electron chi connectivity index (χ2n) is 4.43. The van der Waals surface area contributed by atoms with Crippen LogP contribution in [0.5, 0.6) is 0 Å². The SMILES string of the molecule is CC[C@@H]1CCN(C(=O)C(C)C)[C@H]1C(=O)O. The van der Waals surface area contributed by atoms with Crippen LogP contribution >= 0.6 is 0 Å². The highest BCUT2D eigenvalue weighted by Crippen LogP contribution is 2.28. The van der Waals surface area contributed by atoms with Crippen molar-refractivity contribution in [3.05, 3.63) is 0 Å². The molecule has 0 radical (unpaired) electrons. The van der Waals surface area contributed by atoms with E-state index >= 15 is 0 Å². The number of hydrogen-bond acceptors (Lipinski definition) is 2. The molecule has 0 aromatic rings. The average molecular weight is 213 g/mol. The zero-order valence-electron chi connectivity index (χ0n) is 9.56. The summed E-state index contributed by atoms with van der Waals surface area (Å²) in [7, 11) is 0. The molecule has 0 aromatic carbocycles. The molecule has 0 aromatic heterocycles. The minimum absolute atomic E-state index is 0.0432. The van der Waals surface area contributed by atoms with Gasteiger partial charge in [0.15, 0.2) is 0 Å². The van der Waals surface area contributed by atoms with E-state index in [0.29, 0.717) is 6.54 Å². The molecular weight excluding hydrogens is 194 g/mol. The summed E-state index contributed by atoms with van der Waals surface area (Å²) in [5.41, 5.74) is 0. The van der Waals surface area contributed by atoms with Crippen LogP contribution in [0, 0.1) is 11.8 Å². The first-order chi connectivity index (χ1) is 6.99. The Labute approximate surface area is 90.3 Å². The monoisotopic (exact) mass is 213 g/mol. The molecule has 1 saturated heterocycles. The molecule has 1 aliphatic heterocycles. The van der Waals surface area contributed by atoms with Crippen molar-refractivity contribution in [2.24, 2.45) is 11.8 Å². The topological polar surface area (TPSA) is 57.6 Å². The van der Waals surface area contributed by atoms with E-state index in [1.165, 1.54) is 4.90 Å². The minimum atomic E-state index is -0.867. The lowest BCUT2D eigenvalue weighted by molar-refractivity contribution is -0.150. The van der Waals surface area contributed by atoms with Crippen molar-refractivity contribution in [3.8, 4) is 0 Å². The highest BCUT2D eigenvalue weighted by atomic mass is 16.4. The largest absolute Gasteiger partial charge is 0.480 e. The number of rotatable bonds is 3. The Morgan fingerprint density at radius 2 is 2.07 bits per heavy atom. The molecule has 15 heavy (non-hydrogen) atoms. The third kappa shape index (κ3) is 2.30. The van der Waals surface area contributed by atoms with Gasteiger partial charge in [-0.1, -0.05) is 27.2 Å². The zero-order chi connectivity index (χ0) is 11.6. The number of carbonyl (C=O) groups is 2. The van der Waals surface area contributed by atoms with Crippen LogP contribution < -0.4 is 0 Å². The van der Waals surface area contributed by atoms with Crippen molar-refractivity contribution < 1.29 is 14.7 Å². The molecule has 1 amide bonds. The zero-order valence-corrected chi connectivity index (χ0v) is 9.56. The Balaban J connectivity index is 2.82. The van der Waals surface area contributed by atoms with Crippen LogP contribution in [-0.2, 0) is 9.59 Å². The summed E-state index contributed by atoms with van der Waals surface area (Å²) in [5.74, 6) is -0.917. The molecule has 0 spiro atoms. The minimum Gasteiger partial charge on any atom is -0.480 e. The van der Waals surface area contributed by atoms with Crippen molar-refractivity contribution in [3.63, 3.8) is 0 Å². The van der Waals surface area contributed by atoms with Gasteiger partial charge in [0, 0.05) is 12.5 Å². The quantitative estimate of drug-likeness (QED) is 0.770. The molecule has 0 bridgehead atoms. The van der Waals surface area contributed by atoms with E-state index in [4.69, 9.17) is 5.11 Å². The van der Waals surface area contributed by atoms with Crippen LogP contribution in [0.4, 0.5) is 0 Å². The predicted octanol–water partition coefficient (Wildman–Crippen LogP) is 1.35. The van der Waals surface area contributed by atoms with Gasteiger partial charge < -0.3 is 10.0 Å². The van der Waals surface area contributed by atoms with Crippen LogP contribution in [0.3, 0.4) is 0 Å². The van der Waals surface area contributed by atoms with E-state index in [1.807, 2.05) is 6.92 Å². The fourth-order valence-corrected chi connectivity index (χ4v) is 2.20. The van der Waals surface area contributed by atoms with Crippen LogP contribution in [0.15, 0.2) is 0 Å². The maximum atomic E-state index is 11.8. The molecule has 1 heterocycles. The van der Waals surface area contributed by atoms with Crippen molar-refractivity contribution in [2.45, 2.75) is 39.7 Å². The molecule has 1 N–H and O–H groups in total. The number of amides is 1. The van der Waals surface area contributed by atoms with Gasteiger partial charge in [-0.05, 0) is 12.3 Å². The summed E-state index contributed by atoms with van der Waals surface area (Å²) in [6.45, 7) is 6.18. The van der Waals surface area contributed by atoms with Crippen LogP contribution in [0.2, 0.25) is 0 Å². The van der Waals surface area contributed by atoms with Gasteiger partial charge in [-0.2, -0.15) is 0 Å². The summed E-state index contributed by atoms with van der Waals surface area (Å²) in [6, 6.07) is -0.607. The van der Waals surface area contributed by atoms with E-state index in [9.17, 15) is 9.59 Å². The third-order valence-electron chi connectivity index (χ3n) is 3.08. The van der Waals surface area contributed by atoms with Gasteiger partial charge in [-0.15, -0.1) is 0 Å². The maximum absolute atomic E-state index is 11.8. The van der Waals surface area contributed by atoms with Gasteiger partial charge in [-0.25, -0.2) is 4.79 Å². The Bertz CT molecular complexity index is 263. The molecule has 1 fully saturated rings. The number of carboxylic acid groups (broad SMARTS) is 1. The van der Waals surface area contributed by atoms with Crippen LogP contribution in [0.1, 0.15) is 33.6 Å². The van der Waals surface area contributed by atoms with Crippen molar-refractivity contribution in [1.29, 1.82) is 0 Å². The maximum Gasteiger partial charge on any atom is 0.326 e. The fraction of sp³-hybridized carbons (Fsp3) is 0.818. The predicted molar refractivity (Wildman–Crippen MR) is 56.4 cm³/mol. The summed E-state index contributed by atoms with van der Waals surface area (Å²) >= 11 is 0. The lowest BCUT2D eigenvalue weighted by Gasteiger charge is -2.25. The number of aliphatic carboxylic acids is 1. The van der Waals surface area contributed by atoms with E-state index in [2.05, 4.69) is 0 Å². The molecule has 1 rings (SSSR count). The van der Waals surface area contributed by atoms with E-state index in [1.54, 1.807) is 13.8 Å². The standard InChI is InChI=1S/C11H19NO3/c1-4-8-5-6-12(9(8)11(14)15)10(13)7(2)3/h7-9H,4-6H2,1-3H3,(H,14,15)/t8-,9-/m1/s1. The first-order valence-electron chi connectivity index (χ1n) is 5.52. The van der Waals surface area contributed by atoms with Crippen molar-refractivity contribution in [2.75, 3.05) is 6.54 Å². The second kappa shape index (κ2) is 4.64. The van der Waals surface area contributed by atoms with E-state index < -0.39 is 12.0 Å². The lowest BCUT2D eigenvalue weighted by atomic mass is 9.97. The van der Waals surface area contributed by atoms with Gasteiger partial charge in [0.25, 0.3) is 0 Å². The summed E-state index contributed by atoms with van der Waals surface area (Å²) in [6.07, 6.45) is 1.63. The smallest absolute Gasteiger partial charge is 0.326 e. The van der Waals surface area contributed by atoms with Gasteiger partial charge in [0.05, 0.1) is 0 Å². The Morgan fingerprint density at radius 3 is 2.47 bits per heavy atom. The molecule has 86 valence electrons. The molecule has 4 heteroatoms. The highest BCUT2D eigenvalue weighted by Gasteiger charge is 2.41. The Kier molecular flexibility index (Phi) is 3.72. The molecule has 0 saturated carbocycles. The Hall–Kier alpha value is -1.06. The highest BCUT2D eigenvalue weighted by molar-refractivity contribution is 5.85. The Morgan fingerprint density at radius 1 is 1.47 bits per heavy atom. The molecule has 0 unspecified atom stereocenters. The van der Waals surface area contributed by atoms with Gasteiger partial charge in [-0.3, -0.25) is 4.79 Å². The molecule has 2 atom stereocenters. The number of carboxylic acids is 1. The van der Waals surface area contributed by atoms with Crippen LogP contribution in [0.25, 0.3) is 0 Å². The number of likely N-dealkylation sites (tertiary alicyclic amines) is 1. The molecule has 1 aliphatic rings. The van der Waals surface area contributed by atoms with Gasteiger partial charge in [0.2, 0.25) is 5.91 Å². The third-order valence-corrected chi connectivity index (χ3v) is 3.08. The summed E-state index contributed by atoms with van der Waals surface area (Å²) in [5, 5.41) is 9.12. The first-order valence-corrected chi connectivity index (χ1v) is 5.52. The number of carbonyl (C=O) groups excluding carboxylic acids is 1. The van der Waals surface area contributed by atoms with Gasteiger partial charge in [0.1, 0.15) is 6.04 Å². The second-order valence-corrected chi connectivity index (χ2v) is 4.43. The number of hydrogen-bond donors (Lipinski definition) is 1. The lowest BCUT2D eigenvalue weighted by Crippen LogP contribution is -2.44. The normalized spacial score (nSPS) is 26.0. The number of nitrogens with zero attached hydrogens (tertiary/aromatic N) is 1. The fourth-order valence-electron chi connectivity index (χ4n) is 2.20. The van der Waals surface area contributed by atoms with Crippen LogP contribution in [-0.4, -0.2) is 34.5 Å². The van der Waals surface area contributed by atoms with Crippen molar-refractivity contribution in [1.82, 2.24) is 4.90 Å². The van der Waals surface area contributed by atoms with E-state index in [0.717, 1.165) is 12.8 Å².